The Kier molecular flexibility index (Phi) is 6.46. The number of fused-ring (bicyclic) bond motifs is 1. The second kappa shape index (κ2) is 10.4. The zero-order chi connectivity index (χ0) is 26.2. The standard InChI is InChI=1S/C30H33N7O2/c38-30(21-8-11-36(12-9-21)27-18-39-19-27)37-16-23-2-1-22(13-24(23)17-37)29-31-10-7-28(35-29)34-26-5-3-20(4-6-26)25-14-32-33-15-25/h1-6,13-15,21,27H,7-12,16-19H2,(H,32,33)(H,31,34,35). The molecule has 3 aromatic rings. The van der Waals surface area contributed by atoms with Gasteiger partial charge in [0.05, 0.1) is 25.5 Å². The first-order valence-corrected chi connectivity index (χ1v) is 13.9. The summed E-state index contributed by atoms with van der Waals surface area (Å²) in [4.78, 5) is 27.4. The van der Waals surface area contributed by atoms with E-state index in [1.54, 1.807) is 0 Å². The summed E-state index contributed by atoms with van der Waals surface area (Å²) in [6, 6.07) is 15.2. The van der Waals surface area contributed by atoms with Crippen molar-refractivity contribution in [2.45, 2.75) is 38.4 Å². The molecule has 2 fully saturated rings. The molecule has 9 heteroatoms. The minimum Gasteiger partial charge on any atom is -0.378 e. The number of aliphatic imine (C=N–C) groups is 2. The molecule has 0 unspecified atom stereocenters. The largest absolute Gasteiger partial charge is 0.378 e. The number of nitrogens with zero attached hydrogens (tertiary/aromatic N) is 5. The van der Waals surface area contributed by atoms with Gasteiger partial charge in [-0.05, 0) is 60.8 Å². The van der Waals surface area contributed by atoms with Crippen LogP contribution < -0.4 is 5.32 Å². The van der Waals surface area contributed by atoms with Gasteiger partial charge in [-0.2, -0.15) is 5.10 Å². The second-order valence-electron chi connectivity index (χ2n) is 10.9. The van der Waals surface area contributed by atoms with Gasteiger partial charge in [-0.3, -0.25) is 19.8 Å². The minimum atomic E-state index is 0.130. The van der Waals surface area contributed by atoms with Gasteiger partial charge in [0.25, 0.3) is 0 Å². The summed E-state index contributed by atoms with van der Waals surface area (Å²) in [5.74, 6) is 2.09. The molecule has 0 atom stereocenters. The van der Waals surface area contributed by atoms with E-state index in [0.29, 0.717) is 31.6 Å². The third kappa shape index (κ3) is 4.99. The normalized spacial score (nSPS) is 20.3. The number of amidine groups is 2. The van der Waals surface area contributed by atoms with E-state index in [4.69, 9.17) is 14.7 Å². The van der Waals surface area contributed by atoms with Crippen LogP contribution in [0.3, 0.4) is 0 Å². The van der Waals surface area contributed by atoms with Crippen molar-refractivity contribution in [2.24, 2.45) is 15.9 Å². The number of anilines is 1. The number of carbonyl (C=O) groups excluding carboxylic acids is 1. The number of aromatic amines is 1. The minimum absolute atomic E-state index is 0.130. The number of benzene rings is 2. The predicted octanol–water partition coefficient (Wildman–Crippen LogP) is 3.69. The average Bonchev–Trinajstić information content (AvgIpc) is 3.63. The maximum Gasteiger partial charge on any atom is 0.226 e. The molecule has 0 bridgehead atoms. The number of aromatic nitrogens is 2. The Hall–Kier alpha value is -3.82. The first-order chi connectivity index (χ1) is 19.2. The zero-order valence-electron chi connectivity index (χ0n) is 22.0. The monoisotopic (exact) mass is 523 g/mol. The topological polar surface area (TPSA) is 98.2 Å². The van der Waals surface area contributed by atoms with E-state index in [-0.39, 0.29) is 5.92 Å². The van der Waals surface area contributed by atoms with Gasteiger partial charge in [0, 0.05) is 55.0 Å². The van der Waals surface area contributed by atoms with Gasteiger partial charge >= 0.3 is 0 Å². The highest BCUT2D eigenvalue weighted by molar-refractivity contribution is 6.11. The summed E-state index contributed by atoms with van der Waals surface area (Å²) in [5, 5.41) is 10.3. The molecule has 5 heterocycles. The highest BCUT2D eigenvalue weighted by Crippen LogP contribution is 2.30. The van der Waals surface area contributed by atoms with Gasteiger partial charge in [-0.25, -0.2) is 4.99 Å². The fraction of sp³-hybridized carbons (Fsp3) is 0.400. The van der Waals surface area contributed by atoms with Crippen LogP contribution in [0, 0.1) is 5.92 Å². The Morgan fingerprint density at radius 3 is 2.51 bits per heavy atom. The van der Waals surface area contributed by atoms with E-state index in [2.05, 4.69) is 62.9 Å². The number of likely N-dealkylation sites (tertiary alicyclic amines) is 1. The number of nitrogens with one attached hydrogen (secondary N) is 2. The summed E-state index contributed by atoms with van der Waals surface area (Å²) >= 11 is 0. The van der Waals surface area contributed by atoms with Gasteiger partial charge in [-0.1, -0.05) is 24.3 Å². The molecule has 2 saturated heterocycles. The lowest BCUT2D eigenvalue weighted by atomic mass is 9.94. The van der Waals surface area contributed by atoms with E-state index < -0.39 is 0 Å². The third-order valence-corrected chi connectivity index (χ3v) is 8.37. The first-order valence-electron chi connectivity index (χ1n) is 13.9. The highest BCUT2D eigenvalue weighted by Gasteiger charge is 2.35. The Morgan fingerprint density at radius 1 is 0.974 bits per heavy atom. The van der Waals surface area contributed by atoms with Crippen LogP contribution in [0.4, 0.5) is 5.69 Å². The Balaban J connectivity index is 0.986. The summed E-state index contributed by atoms with van der Waals surface area (Å²) in [6.45, 7) is 5.74. The fourth-order valence-electron chi connectivity index (χ4n) is 5.95. The van der Waals surface area contributed by atoms with Crippen LogP contribution in [-0.2, 0) is 22.6 Å². The molecule has 1 amide bonds. The maximum absolute atomic E-state index is 13.3. The van der Waals surface area contributed by atoms with E-state index in [1.165, 1.54) is 11.1 Å². The van der Waals surface area contributed by atoms with Crippen LogP contribution in [0.1, 0.15) is 36.0 Å². The molecule has 7 rings (SSSR count). The van der Waals surface area contributed by atoms with E-state index in [1.807, 2.05) is 17.3 Å². The van der Waals surface area contributed by atoms with Gasteiger partial charge in [-0.15, -0.1) is 0 Å². The lowest BCUT2D eigenvalue weighted by Crippen LogP contribution is -2.52. The van der Waals surface area contributed by atoms with Gasteiger partial charge in [0.1, 0.15) is 5.84 Å². The number of amides is 1. The molecular formula is C30H33N7O2. The van der Waals surface area contributed by atoms with Crippen LogP contribution in [-0.4, -0.2) is 76.5 Å². The van der Waals surface area contributed by atoms with Crippen molar-refractivity contribution >= 4 is 23.3 Å². The average molecular weight is 524 g/mol. The molecule has 2 N–H and O–H groups in total. The molecule has 4 aliphatic heterocycles. The number of carbonyl (C=O) groups is 1. The van der Waals surface area contributed by atoms with E-state index in [0.717, 1.165) is 79.6 Å². The SMILES string of the molecule is O=C(C1CCN(C2COC2)CC1)N1Cc2ccc(C3=NCCC(Nc4ccc(-c5cn[nH]c5)cc4)=N3)cc2C1. The van der Waals surface area contributed by atoms with Gasteiger partial charge in [0.2, 0.25) is 5.91 Å². The van der Waals surface area contributed by atoms with E-state index >= 15 is 0 Å². The molecule has 39 heavy (non-hydrogen) atoms. The molecule has 0 spiro atoms. The van der Waals surface area contributed by atoms with Gasteiger partial charge < -0.3 is 15.0 Å². The molecule has 200 valence electrons. The molecule has 4 aliphatic rings. The number of ether oxygens (including phenoxy) is 1. The van der Waals surface area contributed by atoms with Crippen LogP contribution in [0.5, 0.6) is 0 Å². The first kappa shape index (κ1) is 24.2. The van der Waals surface area contributed by atoms with Crippen molar-refractivity contribution in [2.75, 3.05) is 38.2 Å². The number of hydrogen-bond acceptors (Lipinski definition) is 7. The quantitative estimate of drug-likeness (QED) is 0.532. The Labute approximate surface area is 228 Å². The van der Waals surface area contributed by atoms with Crippen LogP contribution in [0.15, 0.2) is 64.8 Å². The van der Waals surface area contributed by atoms with Crippen LogP contribution in [0.25, 0.3) is 11.1 Å². The Bertz CT molecular complexity index is 1400. The summed E-state index contributed by atoms with van der Waals surface area (Å²) in [6.07, 6.45) is 6.36. The molecular weight excluding hydrogens is 490 g/mol. The second-order valence-corrected chi connectivity index (χ2v) is 10.9. The molecule has 0 saturated carbocycles. The van der Waals surface area contributed by atoms with Crippen molar-refractivity contribution in [3.05, 3.63) is 71.5 Å². The maximum atomic E-state index is 13.3. The van der Waals surface area contributed by atoms with Gasteiger partial charge in [0.15, 0.2) is 5.84 Å². The fourth-order valence-corrected chi connectivity index (χ4v) is 5.95. The van der Waals surface area contributed by atoms with Crippen molar-refractivity contribution < 1.29 is 9.53 Å². The number of piperidine rings is 1. The zero-order valence-corrected chi connectivity index (χ0v) is 22.0. The molecule has 0 aliphatic carbocycles. The summed E-state index contributed by atoms with van der Waals surface area (Å²) < 4.78 is 5.34. The molecule has 9 nitrogen and oxygen atoms in total. The summed E-state index contributed by atoms with van der Waals surface area (Å²) in [7, 11) is 0. The van der Waals surface area contributed by atoms with Crippen molar-refractivity contribution in [3.8, 4) is 11.1 Å². The lowest BCUT2D eigenvalue weighted by molar-refractivity contribution is -0.139. The van der Waals surface area contributed by atoms with Crippen molar-refractivity contribution in [3.63, 3.8) is 0 Å². The smallest absolute Gasteiger partial charge is 0.226 e. The number of H-pyrrole nitrogens is 1. The van der Waals surface area contributed by atoms with Crippen LogP contribution >= 0.6 is 0 Å². The Morgan fingerprint density at radius 2 is 1.77 bits per heavy atom. The van der Waals surface area contributed by atoms with Crippen LogP contribution in [0.2, 0.25) is 0 Å². The molecule has 1 aromatic heterocycles. The predicted molar refractivity (Wildman–Crippen MR) is 151 cm³/mol. The van der Waals surface area contributed by atoms with E-state index in [9.17, 15) is 4.79 Å². The number of hydrogen-bond donors (Lipinski definition) is 2. The summed E-state index contributed by atoms with van der Waals surface area (Å²) in [5.41, 5.74) is 6.62. The van der Waals surface area contributed by atoms with Crippen molar-refractivity contribution in [1.29, 1.82) is 0 Å². The number of rotatable bonds is 5. The molecule has 0 radical (unpaired) electrons. The van der Waals surface area contributed by atoms with Crippen molar-refractivity contribution in [1.82, 2.24) is 20.0 Å². The highest BCUT2D eigenvalue weighted by atomic mass is 16.5. The third-order valence-electron chi connectivity index (χ3n) is 8.37. The lowest BCUT2D eigenvalue weighted by Gasteiger charge is -2.41. The molecule has 2 aromatic carbocycles.